The SMILES string of the molecule is CC/C=C\C/C=C\CCCCCCCC(=O)OC(COC(=O)CCCCC/C=C\C=C/CCCC)COC(=O)CCCCCCCCCCCCCCCC. The second kappa shape index (κ2) is 44.1. The van der Waals surface area contributed by atoms with Crippen molar-refractivity contribution in [3.63, 3.8) is 0 Å². The van der Waals surface area contributed by atoms with Crippen molar-refractivity contribution in [3.8, 4) is 0 Å². The molecule has 318 valence electrons. The molecule has 0 saturated heterocycles. The van der Waals surface area contributed by atoms with Crippen LogP contribution in [0.3, 0.4) is 0 Å². The van der Waals surface area contributed by atoms with Crippen molar-refractivity contribution in [2.75, 3.05) is 13.2 Å². The van der Waals surface area contributed by atoms with Gasteiger partial charge in [0, 0.05) is 19.3 Å². The Morgan fingerprint density at radius 3 is 1.27 bits per heavy atom. The van der Waals surface area contributed by atoms with Crippen molar-refractivity contribution < 1.29 is 28.6 Å². The maximum absolute atomic E-state index is 12.7. The van der Waals surface area contributed by atoms with E-state index < -0.39 is 6.10 Å². The standard InChI is InChI=1S/C49H86O6/c1-4-7-10-13-16-19-22-24-25-28-30-33-36-39-42-48(51)54-45-46(44-53-47(50)41-38-35-32-29-26-21-18-15-12-9-6-3)55-49(52)43-40-37-34-31-27-23-20-17-14-11-8-5-2/h8,11,15,17-18,20-21,26,46H,4-7,9-10,12-14,16,19,22-25,27-45H2,1-3H3/b11-8-,18-15-,20-17-,26-21-. The van der Waals surface area contributed by atoms with E-state index in [1.165, 1.54) is 83.5 Å². The Morgan fingerprint density at radius 1 is 0.400 bits per heavy atom. The largest absolute Gasteiger partial charge is 0.462 e. The van der Waals surface area contributed by atoms with Gasteiger partial charge in [-0.3, -0.25) is 14.4 Å². The summed E-state index contributed by atoms with van der Waals surface area (Å²) in [6.45, 7) is 6.43. The fourth-order valence-electron chi connectivity index (χ4n) is 6.34. The van der Waals surface area contributed by atoms with Gasteiger partial charge in [0.25, 0.3) is 0 Å². The molecule has 6 heteroatoms. The van der Waals surface area contributed by atoms with E-state index in [0.29, 0.717) is 19.3 Å². The second-order valence-corrected chi connectivity index (χ2v) is 15.3. The van der Waals surface area contributed by atoms with Gasteiger partial charge < -0.3 is 14.2 Å². The van der Waals surface area contributed by atoms with E-state index in [2.05, 4.69) is 69.4 Å². The van der Waals surface area contributed by atoms with Crippen molar-refractivity contribution in [3.05, 3.63) is 48.6 Å². The van der Waals surface area contributed by atoms with E-state index in [1.807, 2.05) is 0 Å². The summed E-state index contributed by atoms with van der Waals surface area (Å²) in [7, 11) is 0. The molecule has 0 aromatic rings. The number of hydrogen-bond acceptors (Lipinski definition) is 6. The molecular formula is C49H86O6. The van der Waals surface area contributed by atoms with E-state index in [9.17, 15) is 14.4 Å². The summed E-state index contributed by atoms with van der Waals surface area (Å²) in [4.78, 5) is 37.7. The topological polar surface area (TPSA) is 78.9 Å². The van der Waals surface area contributed by atoms with E-state index in [0.717, 1.165) is 103 Å². The molecule has 0 aliphatic rings. The van der Waals surface area contributed by atoms with Crippen LogP contribution >= 0.6 is 0 Å². The Kier molecular flexibility index (Phi) is 42.0. The van der Waals surface area contributed by atoms with Crippen LogP contribution in [0.15, 0.2) is 48.6 Å². The van der Waals surface area contributed by atoms with Gasteiger partial charge in [0.2, 0.25) is 0 Å². The van der Waals surface area contributed by atoms with Gasteiger partial charge >= 0.3 is 17.9 Å². The highest BCUT2D eigenvalue weighted by molar-refractivity contribution is 5.71. The van der Waals surface area contributed by atoms with E-state index in [-0.39, 0.29) is 31.1 Å². The predicted octanol–water partition coefficient (Wildman–Crippen LogP) is 14.8. The first-order valence-electron chi connectivity index (χ1n) is 23.2. The number of esters is 3. The Labute approximate surface area is 339 Å². The van der Waals surface area contributed by atoms with Crippen LogP contribution in [0.2, 0.25) is 0 Å². The third kappa shape index (κ3) is 42.4. The molecule has 0 bridgehead atoms. The van der Waals surface area contributed by atoms with Gasteiger partial charge in [-0.25, -0.2) is 0 Å². The van der Waals surface area contributed by atoms with Gasteiger partial charge in [0.1, 0.15) is 13.2 Å². The summed E-state index contributed by atoms with van der Waals surface area (Å²) in [5.74, 6) is -0.930. The molecule has 0 rings (SSSR count). The molecule has 0 aromatic carbocycles. The lowest BCUT2D eigenvalue weighted by atomic mass is 10.0. The highest BCUT2D eigenvalue weighted by atomic mass is 16.6. The third-order valence-corrected chi connectivity index (χ3v) is 9.85. The van der Waals surface area contributed by atoms with Crippen molar-refractivity contribution in [2.24, 2.45) is 0 Å². The van der Waals surface area contributed by atoms with Crippen LogP contribution in [0.1, 0.15) is 226 Å². The van der Waals surface area contributed by atoms with Crippen LogP contribution in [0.25, 0.3) is 0 Å². The van der Waals surface area contributed by atoms with Crippen molar-refractivity contribution >= 4 is 17.9 Å². The fraction of sp³-hybridized carbons (Fsp3) is 0.776. The quantitative estimate of drug-likeness (QED) is 0.0202. The Bertz CT molecular complexity index is 980. The van der Waals surface area contributed by atoms with Crippen LogP contribution in [-0.2, 0) is 28.6 Å². The molecule has 0 N–H and O–H groups in total. The molecular weight excluding hydrogens is 685 g/mol. The highest BCUT2D eigenvalue weighted by Gasteiger charge is 2.19. The smallest absolute Gasteiger partial charge is 0.306 e. The molecule has 0 spiro atoms. The Balaban J connectivity index is 4.40. The zero-order valence-corrected chi connectivity index (χ0v) is 36.2. The molecule has 1 unspecified atom stereocenters. The van der Waals surface area contributed by atoms with Crippen molar-refractivity contribution in [1.82, 2.24) is 0 Å². The highest BCUT2D eigenvalue weighted by Crippen LogP contribution is 2.15. The summed E-state index contributed by atoms with van der Waals surface area (Å²) in [6.07, 6.45) is 50.9. The molecule has 0 amide bonds. The van der Waals surface area contributed by atoms with Crippen molar-refractivity contribution in [1.29, 1.82) is 0 Å². The zero-order valence-electron chi connectivity index (χ0n) is 36.2. The van der Waals surface area contributed by atoms with Gasteiger partial charge in [-0.1, -0.05) is 191 Å². The predicted molar refractivity (Wildman–Crippen MR) is 233 cm³/mol. The second-order valence-electron chi connectivity index (χ2n) is 15.3. The number of carbonyl (C=O) groups excluding carboxylic acids is 3. The molecule has 0 fully saturated rings. The average molecular weight is 771 g/mol. The number of carbonyl (C=O) groups is 3. The molecule has 0 heterocycles. The molecule has 0 aliphatic heterocycles. The minimum absolute atomic E-state index is 0.0859. The Hall–Kier alpha value is -2.63. The lowest BCUT2D eigenvalue weighted by molar-refractivity contribution is -0.167. The molecule has 6 nitrogen and oxygen atoms in total. The average Bonchev–Trinajstić information content (AvgIpc) is 3.18. The lowest BCUT2D eigenvalue weighted by Gasteiger charge is -2.18. The minimum Gasteiger partial charge on any atom is -0.462 e. The first kappa shape index (κ1) is 52.4. The van der Waals surface area contributed by atoms with E-state index >= 15 is 0 Å². The van der Waals surface area contributed by atoms with Crippen LogP contribution in [0.4, 0.5) is 0 Å². The summed E-state index contributed by atoms with van der Waals surface area (Å²) in [6, 6.07) is 0. The summed E-state index contributed by atoms with van der Waals surface area (Å²) >= 11 is 0. The molecule has 0 saturated carbocycles. The summed E-state index contributed by atoms with van der Waals surface area (Å²) < 4.78 is 16.7. The number of rotatable bonds is 41. The van der Waals surface area contributed by atoms with E-state index in [4.69, 9.17) is 14.2 Å². The number of hydrogen-bond donors (Lipinski definition) is 0. The maximum Gasteiger partial charge on any atom is 0.306 e. The first-order chi connectivity index (χ1) is 27.0. The third-order valence-electron chi connectivity index (χ3n) is 9.85. The number of allylic oxidation sites excluding steroid dienone is 8. The van der Waals surface area contributed by atoms with Crippen LogP contribution in [0.5, 0.6) is 0 Å². The minimum atomic E-state index is -0.786. The van der Waals surface area contributed by atoms with Gasteiger partial charge in [-0.2, -0.15) is 0 Å². The van der Waals surface area contributed by atoms with Gasteiger partial charge in [-0.15, -0.1) is 0 Å². The van der Waals surface area contributed by atoms with Gasteiger partial charge in [-0.05, 0) is 64.2 Å². The molecule has 0 aliphatic carbocycles. The summed E-state index contributed by atoms with van der Waals surface area (Å²) in [5.41, 5.74) is 0. The molecule has 55 heavy (non-hydrogen) atoms. The summed E-state index contributed by atoms with van der Waals surface area (Å²) in [5, 5.41) is 0. The van der Waals surface area contributed by atoms with Crippen LogP contribution in [0, 0.1) is 0 Å². The normalized spacial score (nSPS) is 12.4. The fourth-order valence-corrected chi connectivity index (χ4v) is 6.34. The first-order valence-corrected chi connectivity index (χ1v) is 23.2. The van der Waals surface area contributed by atoms with E-state index in [1.54, 1.807) is 0 Å². The van der Waals surface area contributed by atoms with Crippen LogP contribution in [-0.4, -0.2) is 37.2 Å². The van der Waals surface area contributed by atoms with Crippen molar-refractivity contribution in [2.45, 2.75) is 232 Å². The van der Waals surface area contributed by atoms with Crippen LogP contribution < -0.4 is 0 Å². The Morgan fingerprint density at radius 2 is 0.782 bits per heavy atom. The molecule has 0 radical (unpaired) electrons. The molecule has 0 aromatic heterocycles. The maximum atomic E-state index is 12.7. The number of unbranched alkanes of at least 4 members (excludes halogenated alkanes) is 23. The lowest BCUT2D eigenvalue weighted by Crippen LogP contribution is -2.30. The number of ether oxygens (including phenoxy) is 3. The molecule has 1 atom stereocenters. The zero-order chi connectivity index (χ0) is 40.1. The van der Waals surface area contributed by atoms with Gasteiger partial charge in [0.05, 0.1) is 0 Å². The monoisotopic (exact) mass is 771 g/mol. The van der Waals surface area contributed by atoms with Gasteiger partial charge in [0.15, 0.2) is 6.10 Å².